The highest BCUT2D eigenvalue weighted by atomic mass is 32.2. The summed E-state index contributed by atoms with van der Waals surface area (Å²) in [4.78, 5) is 29.6. The van der Waals surface area contributed by atoms with Crippen molar-refractivity contribution in [2.45, 2.75) is 177 Å². The second-order valence-electron chi connectivity index (χ2n) is 24.4. The largest absolute Gasteiger partial charge is 0.743 e. The van der Waals surface area contributed by atoms with Gasteiger partial charge in [-0.15, -0.1) is 0 Å². The van der Waals surface area contributed by atoms with Gasteiger partial charge < -0.3 is 42.8 Å². The van der Waals surface area contributed by atoms with Crippen LogP contribution in [0, 0.1) is 37.5 Å². The van der Waals surface area contributed by atoms with Gasteiger partial charge in [-0.3, -0.25) is 4.98 Å². The van der Waals surface area contributed by atoms with Crippen LogP contribution in [0.1, 0.15) is 163 Å². The van der Waals surface area contributed by atoms with E-state index in [1.807, 2.05) is 31.2 Å². The van der Waals surface area contributed by atoms with Crippen molar-refractivity contribution in [2.75, 3.05) is 26.4 Å². The summed E-state index contributed by atoms with van der Waals surface area (Å²) in [5.74, 6) is 5.15. The van der Waals surface area contributed by atoms with Gasteiger partial charge in [0.2, 0.25) is 0 Å². The van der Waals surface area contributed by atoms with Gasteiger partial charge in [-0.1, -0.05) is 121 Å². The molecule has 3 fully saturated rings. The molecule has 2 bridgehead atoms. The molecule has 506 valence electrons. The normalized spacial score (nSPS) is 18.6. The van der Waals surface area contributed by atoms with Crippen molar-refractivity contribution in [2.24, 2.45) is 23.7 Å². The Balaban J connectivity index is 0.000000192. The summed E-state index contributed by atoms with van der Waals surface area (Å²) in [6, 6.07) is 52.9. The van der Waals surface area contributed by atoms with Crippen LogP contribution in [-0.4, -0.2) is 85.4 Å². The van der Waals surface area contributed by atoms with Crippen LogP contribution in [0.4, 0.5) is 8.78 Å². The molecule has 10 atom stereocenters. The third kappa shape index (κ3) is 21.1. The van der Waals surface area contributed by atoms with Gasteiger partial charge in [0.05, 0.1) is 29.2 Å². The number of aryl methyl sites for hydroxylation is 2. The number of pyridine rings is 1. The fraction of sp³-hybridized carbons (Fsp3) is 0.434. The number of hydrogen-bond acceptors (Lipinski definition) is 14. The summed E-state index contributed by atoms with van der Waals surface area (Å²) in [5.41, 5.74) is 6.41. The molecule has 1 heterocycles. The Hall–Kier alpha value is -7.35. The molecule has 0 saturated heterocycles. The van der Waals surface area contributed by atoms with Crippen LogP contribution in [0.2, 0.25) is 0 Å². The van der Waals surface area contributed by atoms with Crippen molar-refractivity contribution in [3.63, 3.8) is 0 Å². The summed E-state index contributed by atoms with van der Waals surface area (Å²) in [5, 5.41) is 3.82. The number of alkyl halides is 2. The molecule has 18 heteroatoms. The molecular formula is C76H93F2NO13S2. The van der Waals surface area contributed by atoms with E-state index in [2.05, 4.69) is 186 Å². The number of fused-ring (bicyclic) bond motifs is 5. The number of carbonyl (C=O) groups excluding carboxylic acids is 2. The lowest BCUT2D eigenvalue weighted by Crippen LogP contribution is -2.39. The Labute approximate surface area is 558 Å². The van der Waals surface area contributed by atoms with Crippen LogP contribution in [0.25, 0.3) is 0 Å². The predicted octanol–water partition coefficient (Wildman–Crippen LogP) is 17.3. The molecule has 0 aliphatic heterocycles. The third-order valence-corrected chi connectivity index (χ3v) is 20.9. The fourth-order valence-electron chi connectivity index (χ4n) is 12.3. The van der Waals surface area contributed by atoms with E-state index < -0.39 is 40.5 Å². The number of hydrogen-bond donors (Lipinski definition) is 1. The molecule has 10 unspecified atom stereocenters. The Morgan fingerprint density at radius 1 is 0.606 bits per heavy atom. The lowest BCUT2D eigenvalue weighted by atomic mass is 9.80. The number of aromatic nitrogens is 1. The highest BCUT2D eigenvalue weighted by molar-refractivity contribution is 7.97. The Bertz CT molecular complexity index is 3470. The van der Waals surface area contributed by atoms with Gasteiger partial charge >= 0.3 is 17.2 Å². The van der Waals surface area contributed by atoms with Crippen LogP contribution in [-0.2, 0) is 44.8 Å². The van der Waals surface area contributed by atoms with Gasteiger partial charge in [-0.05, 0) is 215 Å². The summed E-state index contributed by atoms with van der Waals surface area (Å²) >= 11 is 0. The number of phenolic OH excluding ortho intramolecular Hbond substituents is 1. The molecule has 3 saturated carbocycles. The highest BCUT2D eigenvalue weighted by Crippen LogP contribution is 2.59. The quantitative estimate of drug-likeness (QED) is 0.0177. The average molecular weight is 1330 g/mol. The van der Waals surface area contributed by atoms with E-state index in [0.29, 0.717) is 42.8 Å². The van der Waals surface area contributed by atoms with E-state index in [-0.39, 0.29) is 29.0 Å². The average Bonchev–Trinajstić information content (AvgIpc) is 1.58. The van der Waals surface area contributed by atoms with E-state index in [0.717, 1.165) is 64.9 Å². The maximum atomic E-state index is 12.7. The number of halogens is 2. The Morgan fingerprint density at radius 2 is 1.09 bits per heavy atom. The molecular weight excluding hydrogens is 1240 g/mol. The SMILES string of the molecule is CCC(C)c1ccc(O)cc1.CCC(C)c1ccc(OC(C)OC2CC3CC2C2CCCC32)cc1.CCC(C)c1ccc(OC(C)OCCOc2c(C)cc([S+](c3ccccc3)c3ccccc3)cc2C)cc1.O=C(OCCOC(=O)C(F)(F)S(=O)(=O)[O-])c1ccncc1. The number of ether oxygens (including phenoxy) is 7. The second kappa shape index (κ2) is 36.0. The zero-order chi connectivity index (χ0) is 68.0. The lowest BCUT2D eigenvalue weighted by Gasteiger charge is -2.33. The van der Waals surface area contributed by atoms with Crippen molar-refractivity contribution in [1.29, 1.82) is 0 Å². The summed E-state index contributed by atoms with van der Waals surface area (Å²) in [7, 11) is -6.35. The summed E-state index contributed by atoms with van der Waals surface area (Å²) < 4.78 is 94.5. The van der Waals surface area contributed by atoms with Gasteiger partial charge in [-0.25, -0.2) is 18.0 Å². The van der Waals surface area contributed by atoms with Crippen molar-refractivity contribution < 1.29 is 69.6 Å². The monoisotopic (exact) mass is 1330 g/mol. The highest BCUT2D eigenvalue weighted by Gasteiger charge is 2.54. The second-order valence-corrected chi connectivity index (χ2v) is 27.8. The van der Waals surface area contributed by atoms with Crippen LogP contribution < -0.4 is 14.2 Å². The number of nitrogens with zero attached hydrogens (tertiary/aromatic N) is 1. The van der Waals surface area contributed by atoms with Gasteiger partial charge in [0.15, 0.2) is 37.4 Å². The maximum Gasteiger partial charge on any atom is 0.428 e. The zero-order valence-corrected chi connectivity index (χ0v) is 57.4. The Kier molecular flexibility index (Phi) is 28.3. The van der Waals surface area contributed by atoms with E-state index in [4.69, 9.17) is 28.8 Å². The molecule has 94 heavy (non-hydrogen) atoms. The first-order valence-corrected chi connectivity index (χ1v) is 35.4. The number of rotatable bonds is 26. The molecule has 10 rings (SSSR count). The summed E-state index contributed by atoms with van der Waals surface area (Å²) in [6.07, 6.45) is 13.1. The topological polar surface area (TPSA) is 189 Å². The van der Waals surface area contributed by atoms with Crippen LogP contribution in [0.3, 0.4) is 0 Å². The molecule has 0 amide bonds. The van der Waals surface area contributed by atoms with E-state index in [1.165, 1.54) is 94.4 Å². The minimum Gasteiger partial charge on any atom is -0.743 e. The molecule has 3 aliphatic carbocycles. The molecule has 0 radical (unpaired) electrons. The van der Waals surface area contributed by atoms with Gasteiger partial charge in [-0.2, -0.15) is 8.78 Å². The zero-order valence-electron chi connectivity index (χ0n) is 55.8. The van der Waals surface area contributed by atoms with Gasteiger partial charge in [0, 0.05) is 24.5 Å². The smallest absolute Gasteiger partial charge is 0.428 e. The first-order valence-electron chi connectivity index (χ1n) is 32.8. The number of esters is 2. The van der Waals surface area contributed by atoms with Crippen LogP contribution in [0.5, 0.6) is 23.0 Å². The molecule has 6 aromatic carbocycles. The molecule has 14 nitrogen and oxygen atoms in total. The predicted molar refractivity (Wildman–Crippen MR) is 362 cm³/mol. The first-order chi connectivity index (χ1) is 45.0. The summed E-state index contributed by atoms with van der Waals surface area (Å²) in [6.45, 7) is 21.0. The number of aromatic hydroxyl groups is 1. The minimum atomic E-state index is -6.17. The number of phenols is 1. The molecule has 1 aromatic heterocycles. The van der Waals surface area contributed by atoms with E-state index in [9.17, 15) is 31.3 Å². The van der Waals surface area contributed by atoms with Crippen molar-refractivity contribution in [3.05, 3.63) is 203 Å². The Morgan fingerprint density at radius 3 is 1.59 bits per heavy atom. The minimum absolute atomic E-state index is 0.129. The van der Waals surface area contributed by atoms with Gasteiger partial charge in [0.1, 0.15) is 42.8 Å². The third-order valence-electron chi connectivity index (χ3n) is 17.9. The molecule has 7 aromatic rings. The van der Waals surface area contributed by atoms with Crippen LogP contribution in [0.15, 0.2) is 185 Å². The standard InChI is InChI=1S/C34H39O3S.C22H32O2.C10H9F2NO7S.C10H14O/c1-6-25(2)29-17-19-30(20-18-29)37-28(5)35-21-22-36-34-26(3)23-33(24-27(34)4)38(31-13-9-7-10-14-31)32-15-11-8-12-16-32;1-4-14(2)16-8-10-18(11-9-16)23-15(3)24-22-13-17-12-21(22)20-7-5-6-19(17)20;11-10(12,21(16,17)18)9(15)20-6-5-19-8(14)7-1-3-13-4-2-7;1-3-8(2)9-4-6-10(11)7-5-9/h7-20,23-25,28H,6,21-22H2,1-5H3;8-11,14-15,17,19-22H,4-7,12-13H2,1-3H3;1-4H,5-6H2,(H,16,17,18);4-8,11H,3H2,1-2H3/q+1;;;/p-1. The van der Waals surface area contributed by atoms with Crippen LogP contribution >= 0.6 is 0 Å². The van der Waals surface area contributed by atoms with E-state index in [1.54, 1.807) is 12.1 Å². The lowest BCUT2D eigenvalue weighted by molar-refractivity contribution is -0.162. The van der Waals surface area contributed by atoms with Crippen molar-refractivity contribution >= 4 is 33.0 Å². The molecule has 1 N–H and O–H groups in total. The maximum absolute atomic E-state index is 12.7. The van der Waals surface area contributed by atoms with Gasteiger partial charge in [0.25, 0.3) is 0 Å². The van der Waals surface area contributed by atoms with Crippen molar-refractivity contribution in [1.82, 2.24) is 4.98 Å². The number of carbonyl (C=O) groups is 2. The first kappa shape index (κ1) is 74.1. The van der Waals surface area contributed by atoms with E-state index >= 15 is 0 Å². The van der Waals surface area contributed by atoms with Crippen molar-refractivity contribution in [3.8, 4) is 23.0 Å². The molecule has 0 spiro atoms. The number of benzene rings is 6. The fourth-order valence-corrected chi connectivity index (χ4v) is 14.8. The molecule has 3 aliphatic rings.